The molecule has 6 heteroatoms. The van der Waals surface area contributed by atoms with Crippen molar-refractivity contribution in [3.05, 3.63) is 101 Å². The molecule has 30 heavy (non-hydrogen) atoms. The van der Waals surface area contributed by atoms with Crippen molar-refractivity contribution in [1.29, 1.82) is 0 Å². The highest BCUT2D eigenvalue weighted by Gasteiger charge is 2.13. The van der Waals surface area contributed by atoms with E-state index in [-0.39, 0.29) is 18.3 Å². The van der Waals surface area contributed by atoms with Crippen molar-refractivity contribution in [2.45, 2.75) is 27.0 Å². The Balaban J connectivity index is 1.34. The maximum absolute atomic E-state index is 12.5. The summed E-state index contributed by atoms with van der Waals surface area (Å²) in [7, 11) is 0. The minimum atomic E-state index is -0.327. The third kappa shape index (κ3) is 4.97. The first-order valence-electron chi connectivity index (χ1n) is 9.73. The second-order valence-corrected chi connectivity index (χ2v) is 7.24. The number of nitrogens with one attached hydrogen (secondary N) is 1. The Kier molecular flexibility index (Phi) is 5.66. The van der Waals surface area contributed by atoms with Crippen LogP contribution in [0.15, 0.2) is 77.5 Å². The number of anilines is 1. The van der Waals surface area contributed by atoms with Gasteiger partial charge in [0.25, 0.3) is 5.91 Å². The first kappa shape index (κ1) is 19.5. The maximum atomic E-state index is 12.5. The molecule has 0 aliphatic rings. The lowest BCUT2D eigenvalue weighted by atomic mass is 10.1. The van der Waals surface area contributed by atoms with E-state index in [1.807, 2.05) is 37.3 Å². The van der Waals surface area contributed by atoms with Gasteiger partial charge in [-0.2, -0.15) is 5.10 Å². The molecule has 4 aromatic rings. The number of aryl methyl sites for hydroxylation is 2. The van der Waals surface area contributed by atoms with Crippen molar-refractivity contribution in [2.24, 2.45) is 0 Å². The lowest BCUT2D eigenvalue weighted by Crippen LogP contribution is -2.10. The molecular formula is C24H23N3O3. The van der Waals surface area contributed by atoms with Crippen LogP contribution in [0, 0.1) is 13.8 Å². The number of benzene rings is 2. The molecule has 1 N–H and O–H groups in total. The normalized spacial score (nSPS) is 10.7. The molecule has 2 aromatic carbocycles. The van der Waals surface area contributed by atoms with Gasteiger partial charge >= 0.3 is 0 Å². The third-order valence-electron chi connectivity index (χ3n) is 4.57. The number of hydrogen-bond acceptors (Lipinski definition) is 4. The molecule has 0 unspecified atom stereocenters. The summed E-state index contributed by atoms with van der Waals surface area (Å²) in [5, 5.41) is 7.13. The Morgan fingerprint density at radius 1 is 1.07 bits per heavy atom. The quantitative estimate of drug-likeness (QED) is 0.475. The van der Waals surface area contributed by atoms with Gasteiger partial charge in [-0.05, 0) is 49.2 Å². The first-order valence-corrected chi connectivity index (χ1v) is 9.73. The summed E-state index contributed by atoms with van der Waals surface area (Å²) in [4.78, 5) is 12.5. The van der Waals surface area contributed by atoms with Crippen molar-refractivity contribution >= 4 is 11.6 Å². The molecule has 0 saturated carbocycles. The van der Waals surface area contributed by atoms with Gasteiger partial charge in [0, 0.05) is 6.20 Å². The predicted molar refractivity (Wildman–Crippen MR) is 115 cm³/mol. The smallest absolute Gasteiger partial charge is 0.291 e. The summed E-state index contributed by atoms with van der Waals surface area (Å²) in [5.41, 5.74) is 4.09. The predicted octanol–water partition coefficient (Wildman–Crippen LogP) is 4.97. The Labute approximate surface area is 175 Å². The van der Waals surface area contributed by atoms with E-state index in [0.717, 1.165) is 16.9 Å². The minimum absolute atomic E-state index is 0.226. The lowest BCUT2D eigenvalue weighted by Gasteiger charge is -2.05. The van der Waals surface area contributed by atoms with Gasteiger partial charge in [0.15, 0.2) is 5.76 Å². The van der Waals surface area contributed by atoms with Gasteiger partial charge < -0.3 is 14.5 Å². The van der Waals surface area contributed by atoms with Crippen LogP contribution in [0.4, 0.5) is 5.69 Å². The Bertz CT molecular complexity index is 1160. The molecule has 0 radical (unpaired) electrons. The Morgan fingerprint density at radius 3 is 2.67 bits per heavy atom. The summed E-state index contributed by atoms with van der Waals surface area (Å²) in [6.07, 6.45) is 3.42. The molecule has 0 atom stereocenters. The zero-order valence-electron chi connectivity index (χ0n) is 17.0. The molecule has 0 bridgehead atoms. The fraction of sp³-hybridized carbons (Fsp3) is 0.167. The molecule has 0 spiro atoms. The maximum Gasteiger partial charge on any atom is 0.291 e. The summed E-state index contributed by atoms with van der Waals surface area (Å²) >= 11 is 0. The van der Waals surface area contributed by atoms with Crippen molar-refractivity contribution in [3.63, 3.8) is 0 Å². The zero-order valence-corrected chi connectivity index (χ0v) is 17.0. The SMILES string of the molecule is Cc1cccc(Cn2cc(NC(=O)c3ccc(COc4cccc(C)c4)o3)cn2)c1. The van der Waals surface area contributed by atoms with Crippen LogP contribution in [0.3, 0.4) is 0 Å². The fourth-order valence-corrected chi connectivity index (χ4v) is 3.14. The second kappa shape index (κ2) is 8.69. The van der Waals surface area contributed by atoms with Crippen molar-refractivity contribution < 1.29 is 13.9 Å². The average Bonchev–Trinajstić information content (AvgIpc) is 3.36. The molecule has 4 rings (SSSR count). The molecule has 0 aliphatic carbocycles. The van der Waals surface area contributed by atoms with Gasteiger partial charge in [-0.25, -0.2) is 0 Å². The van der Waals surface area contributed by atoms with Crippen molar-refractivity contribution in [3.8, 4) is 5.75 Å². The van der Waals surface area contributed by atoms with E-state index in [1.165, 1.54) is 5.56 Å². The molecule has 152 valence electrons. The fourth-order valence-electron chi connectivity index (χ4n) is 3.14. The Hall–Kier alpha value is -3.80. The van der Waals surface area contributed by atoms with Gasteiger partial charge in [0.2, 0.25) is 0 Å². The monoisotopic (exact) mass is 401 g/mol. The number of rotatable bonds is 7. The van der Waals surface area contributed by atoms with Crippen LogP contribution in [-0.2, 0) is 13.2 Å². The van der Waals surface area contributed by atoms with Crippen molar-refractivity contribution in [1.82, 2.24) is 9.78 Å². The molecule has 0 aliphatic heterocycles. The van der Waals surface area contributed by atoms with Gasteiger partial charge in [-0.3, -0.25) is 9.48 Å². The number of carbonyl (C=O) groups excluding carboxylic acids is 1. The molecule has 2 aromatic heterocycles. The van der Waals surface area contributed by atoms with Gasteiger partial charge in [-0.15, -0.1) is 0 Å². The number of nitrogens with zero attached hydrogens (tertiary/aromatic N) is 2. The number of hydrogen-bond donors (Lipinski definition) is 1. The molecule has 0 saturated heterocycles. The van der Waals surface area contributed by atoms with Crippen LogP contribution >= 0.6 is 0 Å². The summed E-state index contributed by atoms with van der Waals surface area (Å²) in [6.45, 7) is 4.96. The molecule has 0 fully saturated rings. The van der Waals surface area contributed by atoms with Crippen LogP contribution in [0.2, 0.25) is 0 Å². The molecule has 2 heterocycles. The van der Waals surface area contributed by atoms with Crippen LogP contribution in [0.25, 0.3) is 0 Å². The van der Waals surface area contributed by atoms with Crippen LogP contribution in [-0.4, -0.2) is 15.7 Å². The highest BCUT2D eigenvalue weighted by molar-refractivity contribution is 6.02. The van der Waals surface area contributed by atoms with E-state index in [2.05, 4.69) is 35.5 Å². The number of furan rings is 1. The van der Waals surface area contributed by atoms with E-state index in [4.69, 9.17) is 9.15 Å². The number of ether oxygens (including phenoxy) is 1. The summed E-state index contributed by atoms with van der Waals surface area (Å²) in [6, 6.07) is 19.4. The average molecular weight is 401 g/mol. The van der Waals surface area contributed by atoms with Crippen LogP contribution in [0.5, 0.6) is 5.75 Å². The van der Waals surface area contributed by atoms with Gasteiger partial charge in [0.1, 0.15) is 18.1 Å². The minimum Gasteiger partial charge on any atom is -0.486 e. The highest BCUT2D eigenvalue weighted by Crippen LogP contribution is 2.17. The third-order valence-corrected chi connectivity index (χ3v) is 4.57. The summed E-state index contributed by atoms with van der Waals surface area (Å²) < 4.78 is 13.1. The highest BCUT2D eigenvalue weighted by atomic mass is 16.5. The number of aromatic nitrogens is 2. The van der Waals surface area contributed by atoms with Gasteiger partial charge in [-0.1, -0.05) is 42.0 Å². The second-order valence-electron chi connectivity index (χ2n) is 7.24. The van der Waals surface area contributed by atoms with Gasteiger partial charge in [0.05, 0.1) is 18.4 Å². The van der Waals surface area contributed by atoms with Crippen LogP contribution in [0.1, 0.15) is 33.0 Å². The largest absolute Gasteiger partial charge is 0.486 e. The zero-order chi connectivity index (χ0) is 20.9. The van der Waals surface area contributed by atoms with E-state index in [1.54, 1.807) is 29.2 Å². The Morgan fingerprint density at radius 2 is 1.87 bits per heavy atom. The topological polar surface area (TPSA) is 69.3 Å². The summed E-state index contributed by atoms with van der Waals surface area (Å²) in [5.74, 6) is 1.24. The molecular weight excluding hydrogens is 378 g/mol. The molecule has 1 amide bonds. The van der Waals surface area contributed by atoms with Crippen molar-refractivity contribution in [2.75, 3.05) is 5.32 Å². The van der Waals surface area contributed by atoms with E-state index >= 15 is 0 Å². The van der Waals surface area contributed by atoms with Crippen LogP contribution < -0.4 is 10.1 Å². The van der Waals surface area contributed by atoms with E-state index in [9.17, 15) is 4.79 Å². The number of amides is 1. The number of carbonyl (C=O) groups is 1. The van der Waals surface area contributed by atoms with E-state index < -0.39 is 0 Å². The molecule has 6 nitrogen and oxygen atoms in total. The first-order chi connectivity index (χ1) is 14.5. The van der Waals surface area contributed by atoms with E-state index in [0.29, 0.717) is 18.0 Å². The lowest BCUT2D eigenvalue weighted by molar-refractivity contribution is 0.0992. The standard InChI is InChI=1S/C24H23N3O3/c1-17-5-3-7-19(11-17)14-27-15-20(13-25-27)26-24(28)23-10-9-22(30-23)16-29-21-8-4-6-18(2)12-21/h3-13,15H,14,16H2,1-2H3,(H,26,28).